The smallest absolute Gasteiger partial charge is 0.246 e. The van der Waals surface area contributed by atoms with E-state index in [1.807, 2.05) is 13.0 Å². The van der Waals surface area contributed by atoms with Crippen molar-refractivity contribution in [3.63, 3.8) is 0 Å². The standard InChI is InChI=1S/C9H17NO2/c1-4-5-7(2)9(12)10-8(3)6-11/h5,8,11H,4,6H2,1-3H3,(H,10,12)/t8-/m1/s1. The maximum atomic E-state index is 11.2. The van der Waals surface area contributed by atoms with Gasteiger partial charge in [-0.05, 0) is 20.3 Å². The summed E-state index contributed by atoms with van der Waals surface area (Å²) in [6, 6.07) is -0.169. The molecule has 1 amide bonds. The highest BCUT2D eigenvalue weighted by atomic mass is 16.3. The Morgan fingerprint density at radius 2 is 2.25 bits per heavy atom. The van der Waals surface area contributed by atoms with Crippen molar-refractivity contribution in [1.29, 1.82) is 0 Å². The van der Waals surface area contributed by atoms with Crippen LogP contribution in [0.15, 0.2) is 11.6 Å². The predicted molar refractivity (Wildman–Crippen MR) is 48.7 cm³/mol. The molecule has 2 N–H and O–H groups in total. The summed E-state index contributed by atoms with van der Waals surface area (Å²) in [6.07, 6.45) is 2.71. The van der Waals surface area contributed by atoms with Crippen molar-refractivity contribution >= 4 is 5.91 Å². The highest BCUT2D eigenvalue weighted by Gasteiger charge is 2.06. The Morgan fingerprint density at radius 3 is 2.67 bits per heavy atom. The number of aliphatic hydroxyl groups excluding tert-OH is 1. The molecule has 0 fully saturated rings. The fraction of sp³-hybridized carbons (Fsp3) is 0.667. The van der Waals surface area contributed by atoms with Gasteiger partial charge < -0.3 is 10.4 Å². The van der Waals surface area contributed by atoms with E-state index < -0.39 is 0 Å². The van der Waals surface area contributed by atoms with E-state index in [0.717, 1.165) is 6.42 Å². The van der Waals surface area contributed by atoms with Gasteiger partial charge in [-0.1, -0.05) is 13.0 Å². The molecule has 0 rings (SSSR count). The number of hydrogen-bond acceptors (Lipinski definition) is 2. The molecule has 0 saturated carbocycles. The van der Waals surface area contributed by atoms with Crippen molar-refractivity contribution in [2.45, 2.75) is 33.2 Å². The Labute approximate surface area is 73.5 Å². The normalized spacial score (nSPS) is 14.2. The molecule has 0 aliphatic rings. The number of nitrogens with one attached hydrogen (secondary N) is 1. The first-order valence-corrected chi connectivity index (χ1v) is 4.20. The molecule has 0 saturated heterocycles. The number of rotatable bonds is 4. The SMILES string of the molecule is CCC=C(C)C(=O)N[C@H](C)CO. The molecule has 3 nitrogen and oxygen atoms in total. The number of aliphatic hydroxyl groups is 1. The van der Waals surface area contributed by atoms with Crippen LogP contribution < -0.4 is 5.32 Å². The van der Waals surface area contributed by atoms with Crippen molar-refractivity contribution < 1.29 is 9.90 Å². The number of carbonyl (C=O) groups excluding carboxylic acids is 1. The van der Waals surface area contributed by atoms with Crippen LogP contribution in [0.3, 0.4) is 0 Å². The van der Waals surface area contributed by atoms with Crippen LogP contribution in [0.5, 0.6) is 0 Å². The maximum absolute atomic E-state index is 11.2. The van der Waals surface area contributed by atoms with E-state index in [1.54, 1.807) is 13.8 Å². The van der Waals surface area contributed by atoms with Crippen molar-refractivity contribution in [3.05, 3.63) is 11.6 Å². The first-order chi connectivity index (χ1) is 5.61. The third-order valence-electron chi connectivity index (χ3n) is 1.52. The van der Waals surface area contributed by atoms with E-state index in [9.17, 15) is 4.79 Å². The zero-order valence-electron chi connectivity index (χ0n) is 7.92. The number of amides is 1. The molecule has 0 heterocycles. The lowest BCUT2D eigenvalue weighted by Gasteiger charge is -2.10. The average Bonchev–Trinajstić information content (AvgIpc) is 2.04. The van der Waals surface area contributed by atoms with Gasteiger partial charge in [0.05, 0.1) is 6.61 Å². The Bertz CT molecular complexity index is 175. The van der Waals surface area contributed by atoms with E-state index in [1.165, 1.54) is 0 Å². The first kappa shape index (κ1) is 11.2. The fourth-order valence-electron chi connectivity index (χ4n) is 0.782. The summed E-state index contributed by atoms with van der Waals surface area (Å²) >= 11 is 0. The summed E-state index contributed by atoms with van der Waals surface area (Å²) in [7, 11) is 0. The van der Waals surface area contributed by atoms with E-state index >= 15 is 0 Å². The van der Waals surface area contributed by atoms with Gasteiger partial charge in [0.15, 0.2) is 0 Å². The fourth-order valence-corrected chi connectivity index (χ4v) is 0.782. The Kier molecular flexibility index (Phi) is 5.37. The Hall–Kier alpha value is -0.830. The summed E-state index contributed by atoms with van der Waals surface area (Å²) < 4.78 is 0. The molecular weight excluding hydrogens is 154 g/mol. The molecule has 0 radical (unpaired) electrons. The van der Waals surface area contributed by atoms with Crippen molar-refractivity contribution in [1.82, 2.24) is 5.32 Å². The minimum absolute atomic E-state index is 0.0227. The molecule has 0 aromatic carbocycles. The minimum atomic E-state index is -0.169. The maximum Gasteiger partial charge on any atom is 0.246 e. The van der Waals surface area contributed by atoms with Gasteiger partial charge in [-0.15, -0.1) is 0 Å². The largest absolute Gasteiger partial charge is 0.394 e. The third kappa shape index (κ3) is 4.13. The van der Waals surface area contributed by atoms with Gasteiger partial charge in [-0.3, -0.25) is 4.79 Å². The van der Waals surface area contributed by atoms with Gasteiger partial charge in [0.25, 0.3) is 0 Å². The van der Waals surface area contributed by atoms with E-state index in [-0.39, 0.29) is 18.6 Å². The van der Waals surface area contributed by atoms with E-state index in [2.05, 4.69) is 5.32 Å². The number of hydrogen-bond donors (Lipinski definition) is 2. The van der Waals surface area contributed by atoms with Crippen LogP contribution in [0.1, 0.15) is 27.2 Å². The minimum Gasteiger partial charge on any atom is -0.394 e. The molecule has 3 heteroatoms. The zero-order valence-corrected chi connectivity index (χ0v) is 7.92. The number of allylic oxidation sites excluding steroid dienone is 1. The van der Waals surface area contributed by atoms with Gasteiger partial charge in [0.2, 0.25) is 5.91 Å². The van der Waals surface area contributed by atoms with E-state index in [0.29, 0.717) is 5.57 Å². The number of carbonyl (C=O) groups is 1. The van der Waals surface area contributed by atoms with Crippen LogP contribution >= 0.6 is 0 Å². The second-order valence-corrected chi connectivity index (χ2v) is 2.85. The van der Waals surface area contributed by atoms with E-state index in [4.69, 9.17) is 5.11 Å². The van der Waals surface area contributed by atoms with Gasteiger partial charge in [-0.2, -0.15) is 0 Å². The van der Waals surface area contributed by atoms with Crippen LogP contribution in [-0.4, -0.2) is 23.7 Å². The Balaban J connectivity index is 3.95. The molecule has 1 atom stereocenters. The summed E-state index contributed by atoms with van der Waals surface area (Å²) in [4.78, 5) is 11.2. The summed E-state index contributed by atoms with van der Waals surface area (Å²) in [5.41, 5.74) is 0.706. The van der Waals surface area contributed by atoms with Crippen LogP contribution in [-0.2, 0) is 4.79 Å². The van der Waals surface area contributed by atoms with Gasteiger partial charge >= 0.3 is 0 Å². The molecule has 70 valence electrons. The molecule has 0 aliphatic carbocycles. The van der Waals surface area contributed by atoms with Crippen LogP contribution in [0.4, 0.5) is 0 Å². The molecule has 0 bridgehead atoms. The van der Waals surface area contributed by atoms with Gasteiger partial charge in [-0.25, -0.2) is 0 Å². The second-order valence-electron chi connectivity index (χ2n) is 2.85. The van der Waals surface area contributed by atoms with Gasteiger partial charge in [0.1, 0.15) is 0 Å². The first-order valence-electron chi connectivity index (χ1n) is 4.20. The lowest BCUT2D eigenvalue weighted by molar-refractivity contribution is -0.118. The summed E-state index contributed by atoms with van der Waals surface area (Å²) in [5, 5.41) is 11.3. The molecule has 12 heavy (non-hydrogen) atoms. The molecule has 0 aromatic rings. The second kappa shape index (κ2) is 5.77. The molecule has 0 aromatic heterocycles. The lowest BCUT2D eigenvalue weighted by Crippen LogP contribution is -2.35. The molecule has 0 unspecified atom stereocenters. The van der Waals surface area contributed by atoms with Crippen LogP contribution in [0, 0.1) is 0 Å². The van der Waals surface area contributed by atoms with Crippen molar-refractivity contribution in [2.24, 2.45) is 0 Å². The molecular formula is C9H17NO2. The topological polar surface area (TPSA) is 49.3 Å². The highest BCUT2D eigenvalue weighted by Crippen LogP contribution is 1.95. The Morgan fingerprint density at radius 1 is 1.67 bits per heavy atom. The highest BCUT2D eigenvalue weighted by molar-refractivity contribution is 5.92. The quantitative estimate of drug-likeness (QED) is 0.616. The lowest BCUT2D eigenvalue weighted by atomic mass is 10.2. The monoisotopic (exact) mass is 171 g/mol. The van der Waals surface area contributed by atoms with Crippen LogP contribution in [0.25, 0.3) is 0 Å². The van der Waals surface area contributed by atoms with Crippen molar-refractivity contribution in [3.8, 4) is 0 Å². The summed E-state index contributed by atoms with van der Waals surface area (Å²) in [6.45, 7) is 5.48. The zero-order chi connectivity index (χ0) is 9.56. The summed E-state index contributed by atoms with van der Waals surface area (Å²) in [5.74, 6) is -0.0987. The molecule has 0 spiro atoms. The van der Waals surface area contributed by atoms with Gasteiger partial charge in [0, 0.05) is 11.6 Å². The van der Waals surface area contributed by atoms with Crippen LogP contribution in [0.2, 0.25) is 0 Å². The molecule has 0 aliphatic heterocycles. The predicted octanol–water partition coefficient (Wildman–Crippen LogP) is 0.840. The average molecular weight is 171 g/mol. The van der Waals surface area contributed by atoms with Crippen molar-refractivity contribution in [2.75, 3.05) is 6.61 Å². The third-order valence-corrected chi connectivity index (χ3v) is 1.52.